The van der Waals surface area contributed by atoms with E-state index in [9.17, 15) is 14.4 Å². The molecule has 2 aromatic heterocycles. The van der Waals surface area contributed by atoms with Gasteiger partial charge in [-0.1, -0.05) is 35.9 Å². The van der Waals surface area contributed by atoms with E-state index in [4.69, 9.17) is 10.2 Å². The minimum Gasteiger partial charge on any atom is -0.460 e. The van der Waals surface area contributed by atoms with E-state index in [0.29, 0.717) is 23.6 Å². The minimum atomic E-state index is -4.52. The van der Waals surface area contributed by atoms with Crippen molar-refractivity contribution in [2.45, 2.75) is 13.5 Å². The molecular formula is C19H18N3O4P. The highest BCUT2D eigenvalue weighted by atomic mass is 31.2. The summed E-state index contributed by atoms with van der Waals surface area (Å²) in [5, 5.41) is -0.193. The van der Waals surface area contributed by atoms with E-state index in [2.05, 4.69) is 4.98 Å². The normalized spacial score (nSPS) is 12.0. The summed E-state index contributed by atoms with van der Waals surface area (Å²) in [5.41, 5.74) is 10.0. The SMILES string of the molecule is Cc1ccc(Cn2c(-c3occc3P(=O)(O)O)nc3c(N)cccc32)cc1. The van der Waals surface area contributed by atoms with E-state index in [-0.39, 0.29) is 11.1 Å². The van der Waals surface area contributed by atoms with Gasteiger partial charge in [0.05, 0.1) is 17.5 Å². The van der Waals surface area contributed by atoms with Gasteiger partial charge in [-0.2, -0.15) is 0 Å². The van der Waals surface area contributed by atoms with Gasteiger partial charge in [0.2, 0.25) is 0 Å². The molecule has 27 heavy (non-hydrogen) atoms. The number of nitrogens with two attached hydrogens (primary N) is 1. The summed E-state index contributed by atoms with van der Waals surface area (Å²) in [6.07, 6.45) is 1.25. The number of nitrogens with zero attached hydrogens (tertiary/aromatic N) is 2. The average molecular weight is 383 g/mol. The van der Waals surface area contributed by atoms with Gasteiger partial charge >= 0.3 is 7.60 Å². The maximum absolute atomic E-state index is 11.9. The zero-order chi connectivity index (χ0) is 19.2. The molecule has 0 aliphatic carbocycles. The Morgan fingerprint density at radius 1 is 1.15 bits per heavy atom. The smallest absolute Gasteiger partial charge is 0.360 e. The Morgan fingerprint density at radius 3 is 2.59 bits per heavy atom. The summed E-state index contributed by atoms with van der Waals surface area (Å²) >= 11 is 0. The van der Waals surface area contributed by atoms with Crippen molar-refractivity contribution in [2.75, 3.05) is 5.73 Å². The van der Waals surface area contributed by atoms with E-state index < -0.39 is 7.60 Å². The number of hydrogen-bond acceptors (Lipinski definition) is 4. The van der Waals surface area contributed by atoms with Crippen LogP contribution in [-0.2, 0) is 11.1 Å². The molecule has 0 amide bonds. The molecule has 4 aromatic rings. The highest BCUT2D eigenvalue weighted by molar-refractivity contribution is 7.60. The third kappa shape index (κ3) is 3.17. The number of hydrogen-bond donors (Lipinski definition) is 3. The van der Waals surface area contributed by atoms with Crippen LogP contribution in [0.4, 0.5) is 5.69 Å². The van der Waals surface area contributed by atoms with Crippen LogP contribution in [0.2, 0.25) is 0 Å². The Morgan fingerprint density at radius 2 is 1.89 bits per heavy atom. The molecule has 0 unspecified atom stereocenters. The zero-order valence-electron chi connectivity index (χ0n) is 14.5. The predicted octanol–water partition coefficient (Wildman–Crippen LogP) is 3.04. The van der Waals surface area contributed by atoms with Gasteiger partial charge in [0.1, 0.15) is 10.8 Å². The van der Waals surface area contributed by atoms with Crippen LogP contribution >= 0.6 is 7.60 Å². The van der Waals surface area contributed by atoms with Crippen molar-refractivity contribution in [3.63, 3.8) is 0 Å². The van der Waals surface area contributed by atoms with Crippen LogP contribution in [0.25, 0.3) is 22.6 Å². The van der Waals surface area contributed by atoms with Gasteiger partial charge in [-0.25, -0.2) is 4.98 Å². The van der Waals surface area contributed by atoms with Crippen molar-refractivity contribution in [3.8, 4) is 11.6 Å². The summed E-state index contributed by atoms with van der Waals surface area (Å²) in [6.45, 7) is 2.47. The molecule has 8 heteroatoms. The summed E-state index contributed by atoms with van der Waals surface area (Å²) < 4.78 is 19.1. The summed E-state index contributed by atoms with van der Waals surface area (Å²) in [4.78, 5) is 23.8. The van der Waals surface area contributed by atoms with Crippen LogP contribution in [0, 0.1) is 6.92 Å². The third-order valence-electron chi connectivity index (χ3n) is 4.43. The Kier molecular flexibility index (Phi) is 4.15. The molecule has 0 saturated carbocycles. The van der Waals surface area contributed by atoms with Crippen molar-refractivity contribution in [2.24, 2.45) is 0 Å². The Labute approximate surface area is 155 Å². The number of para-hydroxylation sites is 1. The second-order valence-corrected chi connectivity index (χ2v) is 7.97. The first-order chi connectivity index (χ1) is 12.8. The second kappa shape index (κ2) is 6.39. The highest BCUT2D eigenvalue weighted by Gasteiger charge is 2.29. The number of anilines is 1. The second-order valence-electron chi connectivity index (χ2n) is 6.40. The van der Waals surface area contributed by atoms with E-state index >= 15 is 0 Å². The van der Waals surface area contributed by atoms with Crippen molar-refractivity contribution in [1.82, 2.24) is 9.55 Å². The molecule has 0 aliphatic rings. The van der Waals surface area contributed by atoms with Crippen molar-refractivity contribution < 1.29 is 18.8 Å². The number of rotatable bonds is 4. The zero-order valence-corrected chi connectivity index (χ0v) is 15.4. The quantitative estimate of drug-likeness (QED) is 0.369. The van der Waals surface area contributed by atoms with Gasteiger partial charge in [-0.15, -0.1) is 0 Å². The number of benzene rings is 2. The lowest BCUT2D eigenvalue weighted by Gasteiger charge is -2.10. The van der Waals surface area contributed by atoms with E-state index in [0.717, 1.165) is 16.6 Å². The van der Waals surface area contributed by atoms with Gasteiger partial charge in [0.15, 0.2) is 11.6 Å². The maximum Gasteiger partial charge on any atom is 0.360 e. The van der Waals surface area contributed by atoms with Crippen LogP contribution in [0.3, 0.4) is 0 Å². The number of imidazole rings is 1. The highest BCUT2D eigenvalue weighted by Crippen LogP contribution is 2.39. The molecule has 2 aromatic carbocycles. The van der Waals surface area contributed by atoms with Crippen LogP contribution in [0.15, 0.2) is 59.2 Å². The molecule has 138 valence electrons. The number of nitrogen functional groups attached to an aromatic ring is 1. The maximum atomic E-state index is 11.9. The largest absolute Gasteiger partial charge is 0.460 e. The first-order valence-corrected chi connectivity index (χ1v) is 9.90. The average Bonchev–Trinajstić information content (AvgIpc) is 3.22. The molecule has 0 aliphatic heterocycles. The number of furan rings is 1. The van der Waals surface area contributed by atoms with Crippen molar-refractivity contribution in [1.29, 1.82) is 0 Å². The standard InChI is InChI=1S/C19H18N3O4P/c1-12-5-7-13(8-6-12)11-22-15-4-2-3-14(20)17(15)21-19(22)18-16(9-10-26-18)27(23,24)25/h2-10H,11,20H2,1H3,(H2,23,24,25). The van der Waals surface area contributed by atoms with Crippen LogP contribution in [0.5, 0.6) is 0 Å². The predicted molar refractivity (Wildman–Crippen MR) is 104 cm³/mol. The van der Waals surface area contributed by atoms with Gasteiger partial charge in [-0.05, 0) is 30.7 Å². The van der Waals surface area contributed by atoms with Gasteiger partial charge < -0.3 is 24.5 Å². The van der Waals surface area contributed by atoms with Gasteiger partial charge in [-0.3, -0.25) is 4.57 Å². The molecule has 0 bridgehead atoms. The molecule has 0 spiro atoms. The van der Waals surface area contributed by atoms with Crippen molar-refractivity contribution >= 4 is 29.6 Å². The molecular weight excluding hydrogens is 365 g/mol. The topological polar surface area (TPSA) is 115 Å². The number of aromatic nitrogens is 2. The van der Waals surface area contributed by atoms with Gasteiger partial charge in [0, 0.05) is 6.54 Å². The fourth-order valence-electron chi connectivity index (χ4n) is 3.08. The number of aryl methyl sites for hydroxylation is 1. The minimum absolute atomic E-state index is 0.0473. The Hall–Kier alpha value is -2.86. The third-order valence-corrected chi connectivity index (χ3v) is 5.41. The monoisotopic (exact) mass is 383 g/mol. The molecule has 0 radical (unpaired) electrons. The van der Waals surface area contributed by atoms with Gasteiger partial charge in [0.25, 0.3) is 0 Å². The van der Waals surface area contributed by atoms with Crippen LogP contribution in [0.1, 0.15) is 11.1 Å². The molecule has 7 nitrogen and oxygen atoms in total. The van der Waals surface area contributed by atoms with E-state index in [1.165, 1.54) is 12.3 Å². The molecule has 0 atom stereocenters. The van der Waals surface area contributed by atoms with E-state index in [1.807, 2.05) is 47.9 Å². The summed E-state index contributed by atoms with van der Waals surface area (Å²) in [7, 11) is -4.52. The molecule has 0 saturated heterocycles. The molecule has 0 fully saturated rings. The molecule has 4 N–H and O–H groups in total. The van der Waals surface area contributed by atoms with E-state index in [1.54, 1.807) is 6.07 Å². The first-order valence-electron chi connectivity index (χ1n) is 8.29. The van der Waals surface area contributed by atoms with Crippen molar-refractivity contribution in [3.05, 3.63) is 65.9 Å². The summed E-state index contributed by atoms with van der Waals surface area (Å²) in [6, 6.07) is 14.7. The first kappa shape index (κ1) is 17.5. The number of fused-ring (bicyclic) bond motifs is 1. The fraction of sp³-hybridized carbons (Fsp3) is 0.105. The lowest BCUT2D eigenvalue weighted by Crippen LogP contribution is -2.09. The molecule has 2 heterocycles. The Balaban J connectivity index is 1.95. The lowest BCUT2D eigenvalue weighted by molar-refractivity contribution is 0.387. The lowest BCUT2D eigenvalue weighted by atomic mass is 10.1. The molecule has 4 rings (SSSR count). The Bertz CT molecular complexity index is 1170. The van der Waals surface area contributed by atoms with Crippen LogP contribution in [-0.4, -0.2) is 19.3 Å². The fourth-order valence-corrected chi connectivity index (χ4v) is 3.75. The summed E-state index contributed by atoms with van der Waals surface area (Å²) in [5.74, 6) is 0.373. The van der Waals surface area contributed by atoms with Crippen LogP contribution < -0.4 is 11.0 Å².